The molecule has 2 rings (SSSR count). The van der Waals surface area contributed by atoms with Crippen LogP contribution in [-0.2, 0) is 14.4 Å². The second kappa shape index (κ2) is 5.37. The minimum absolute atomic E-state index is 0.00337. The second-order valence-electron chi connectivity index (χ2n) is 4.98. The molecule has 1 unspecified atom stereocenters. The molecule has 100 valence electrons. The normalized spacial score (nSPS) is 25.7. The first kappa shape index (κ1) is 12.9. The fourth-order valence-electron chi connectivity index (χ4n) is 2.55. The molecule has 0 spiro atoms. The van der Waals surface area contributed by atoms with E-state index in [4.69, 9.17) is 5.11 Å². The molecule has 2 saturated heterocycles. The van der Waals surface area contributed by atoms with Crippen LogP contribution < -0.4 is 5.32 Å². The van der Waals surface area contributed by atoms with Crippen LogP contribution in [0, 0.1) is 11.8 Å². The lowest BCUT2D eigenvalue weighted by Crippen LogP contribution is -2.47. The Morgan fingerprint density at radius 3 is 2.33 bits per heavy atom. The van der Waals surface area contributed by atoms with Gasteiger partial charge in [-0.05, 0) is 19.3 Å². The van der Waals surface area contributed by atoms with Crippen molar-refractivity contribution in [3.8, 4) is 0 Å². The summed E-state index contributed by atoms with van der Waals surface area (Å²) in [6.07, 6.45) is 2.06. The number of nitrogens with one attached hydrogen (secondary N) is 1. The lowest BCUT2D eigenvalue weighted by Gasteiger charge is -2.34. The van der Waals surface area contributed by atoms with Gasteiger partial charge in [0.15, 0.2) is 0 Å². The zero-order valence-electron chi connectivity index (χ0n) is 10.2. The van der Waals surface area contributed by atoms with Crippen LogP contribution >= 0.6 is 0 Å². The molecule has 0 aromatic carbocycles. The van der Waals surface area contributed by atoms with Gasteiger partial charge in [0.1, 0.15) is 0 Å². The predicted octanol–water partition coefficient (Wildman–Crippen LogP) is -0.164. The summed E-state index contributed by atoms with van der Waals surface area (Å²) < 4.78 is 0. The van der Waals surface area contributed by atoms with Crippen molar-refractivity contribution in [3.63, 3.8) is 0 Å². The van der Waals surface area contributed by atoms with E-state index < -0.39 is 5.97 Å². The van der Waals surface area contributed by atoms with Crippen LogP contribution in [0.1, 0.15) is 25.7 Å². The van der Waals surface area contributed by atoms with E-state index in [1.807, 2.05) is 0 Å². The van der Waals surface area contributed by atoms with Gasteiger partial charge in [0.25, 0.3) is 0 Å². The van der Waals surface area contributed by atoms with E-state index in [9.17, 15) is 14.4 Å². The Morgan fingerprint density at radius 2 is 1.83 bits per heavy atom. The molecule has 6 heteroatoms. The van der Waals surface area contributed by atoms with Crippen LogP contribution in [0.2, 0.25) is 0 Å². The highest BCUT2D eigenvalue weighted by molar-refractivity contribution is 5.84. The van der Waals surface area contributed by atoms with E-state index in [-0.39, 0.29) is 23.7 Å². The quantitative estimate of drug-likeness (QED) is 0.716. The molecule has 2 aliphatic heterocycles. The van der Waals surface area contributed by atoms with Gasteiger partial charge in [0, 0.05) is 26.1 Å². The van der Waals surface area contributed by atoms with Gasteiger partial charge < -0.3 is 15.3 Å². The van der Waals surface area contributed by atoms with E-state index in [0.717, 1.165) is 0 Å². The maximum atomic E-state index is 12.2. The number of piperidine rings is 2. The molecule has 2 fully saturated rings. The van der Waals surface area contributed by atoms with Crippen LogP contribution in [0.4, 0.5) is 0 Å². The topological polar surface area (TPSA) is 86.7 Å². The third-order valence-electron chi connectivity index (χ3n) is 3.77. The first-order valence-corrected chi connectivity index (χ1v) is 6.36. The number of nitrogens with zero attached hydrogens (tertiary/aromatic N) is 1. The number of carbonyl (C=O) groups excluding carboxylic acids is 2. The van der Waals surface area contributed by atoms with E-state index in [1.165, 1.54) is 0 Å². The second-order valence-corrected chi connectivity index (χ2v) is 4.98. The first-order chi connectivity index (χ1) is 8.58. The van der Waals surface area contributed by atoms with Crippen molar-refractivity contribution in [1.29, 1.82) is 0 Å². The van der Waals surface area contributed by atoms with Gasteiger partial charge in [0.2, 0.25) is 11.8 Å². The fourth-order valence-corrected chi connectivity index (χ4v) is 2.55. The third kappa shape index (κ3) is 2.80. The number of carbonyl (C=O) groups is 3. The van der Waals surface area contributed by atoms with Gasteiger partial charge in [-0.3, -0.25) is 14.4 Å². The highest BCUT2D eigenvalue weighted by Gasteiger charge is 2.32. The van der Waals surface area contributed by atoms with E-state index >= 15 is 0 Å². The molecule has 2 amide bonds. The zero-order valence-corrected chi connectivity index (χ0v) is 10.2. The van der Waals surface area contributed by atoms with Crippen molar-refractivity contribution in [2.24, 2.45) is 11.8 Å². The monoisotopic (exact) mass is 254 g/mol. The highest BCUT2D eigenvalue weighted by atomic mass is 16.4. The molecular weight excluding hydrogens is 236 g/mol. The number of carboxylic acid groups (broad SMARTS) is 1. The summed E-state index contributed by atoms with van der Waals surface area (Å²) in [6.45, 7) is 1.44. The summed E-state index contributed by atoms with van der Waals surface area (Å²) in [7, 11) is 0. The number of carboxylic acids is 1. The summed E-state index contributed by atoms with van der Waals surface area (Å²) in [4.78, 5) is 35.7. The minimum atomic E-state index is -0.771. The molecule has 6 nitrogen and oxygen atoms in total. The molecule has 2 N–H and O–H groups in total. The maximum Gasteiger partial charge on any atom is 0.306 e. The molecule has 2 aliphatic rings. The SMILES string of the molecule is O=C1CCC(C(=O)N2CCC(C(=O)O)CC2)CN1. The van der Waals surface area contributed by atoms with Crippen molar-refractivity contribution < 1.29 is 19.5 Å². The minimum Gasteiger partial charge on any atom is -0.481 e. The van der Waals surface area contributed by atoms with Crippen molar-refractivity contribution in [3.05, 3.63) is 0 Å². The average molecular weight is 254 g/mol. The highest BCUT2D eigenvalue weighted by Crippen LogP contribution is 2.21. The van der Waals surface area contributed by atoms with Gasteiger partial charge in [-0.2, -0.15) is 0 Å². The molecule has 0 radical (unpaired) electrons. The Kier molecular flexibility index (Phi) is 3.84. The summed E-state index contributed by atoms with van der Waals surface area (Å²) in [5.41, 5.74) is 0. The lowest BCUT2D eigenvalue weighted by atomic mass is 9.93. The summed E-state index contributed by atoms with van der Waals surface area (Å²) in [6, 6.07) is 0. The predicted molar refractivity (Wildman–Crippen MR) is 62.7 cm³/mol. The third-order valence-corrected chi connectivity index (χ3v) is 3.77. The van der Waals surface area contributed by atoms with Crippen LogP contribution in [0.15, 0.2) is 0 Å². The van der Waals surface area contributed by atoms with Crippen LogP contribution in [0.3, 0.4) is 0 Å². The van der Waals surface area contributed by atoms with Gasteiger partial charge in [-0.1, -0.05) is 0 Å². The smallest absolute Gasteiger partial charge is 0.306 e. The standard InChI is InChI=1S/C12H18N2O4/c15-10-2-1-9(7-13-10)11(16)14-5-3-8(4-6-14)12(17)18/h8-9H,1-7H2,(H,13,15)(H,17,18). The van der Waals surface area contributed by atoms with Crippen molar-refractivity contribution in [2.75, 3.05) is 19.6 Å². The summed E-state index contributed by atoms with van der Waals surface area (Å²) >= 11 is 0. The average Bonchev–Trinajstić information content (AvgIpc) is 2.39. The molecule has 2 heterocycles. The van der Waals surface area contributed by atoms with Crippen molar-refractivity contribution >= 4 is 17.8 Å². The van der Waals surface area contributed by atoms with Crippen LogP contribution in [0.5, 0.6) is 0 Å². The number of rotatable bonds is 2. The van der Waals surface area contributed by atoms with Gasteiger partial charge >= 0.3 is 5.97 Å². The van der Waals surface area contributed by atoms with Gasteiger partial charge in [-0.15, -0.1) is 0 Å². The van der Waals surface area contributed by atoms with Crippen LogP contribution in [-0.4, -0.2) is 47.4 Å². The Morgan fingerprint density at radius 1 is 1.17 bits per heavy atom. The molecule has 1 atom stereocenters. The Labute approximate surface area is 105 Å². The first-order valence-electron chi connectivity index (χ1n) is 6.36. The Bertz CT molecular complexity index is 351. The van der Waals surface area contributed by atoms with Gasteiger partial charge in [0.05, 0.1) is 11.8 Å². The molecule has 0 aromatic heterocycles. The Balaban J connectivity index is 1.84. The number of likely N-dealkylation sites (tertiary alicyclic amines) is 1. The number of aliphatic carboxylic acids is 1. The fraction of sp³-hybridized carbons (Fsp3) is 0.750. The van der Waals surface area contributed by atoms with Crippen molar-refractivity contribution in [2.45, 2.75) is 25.7 Å². The Hall–Kier alpha value is -1.59. The summed E-state index contributed by atoms with van der Waals surface area (Å²) in [5.74, 6) is -1.17. The molecule has 0 bridgehead atoms. The summed E-state index contributed by atoms with van der Waals surface area (Å²) in [5, 5.41) is 11.6. The maximum absolute atomic E-state index is 12.2. The van der Waals surface area contributed by atoms with Crippen LogP contribution in [0.25, 0.3) is 0 Å². The van der Waals surface area contributed by atoms with E-state index in [1.54, 1.807) is 4.90 Å². The number of amides is 2. The molecule has 18 heavy (non-hydrogen) atoms. The number of hydrogen-bond donors (Lipinski definition) is 2. The molecule has 0 aliphatic carbocycles. The lowest BCUT2D eigenvalue weighted by molar-refractivity contribution is -0.147. The van der Waals surface area contributed by atoms with E-state index in [0.29, 0.717) is 45.3 Å². The number of hydrogen-bond acceptors (Lipinski definition) is 3. The zero-order chi connectivity index (χ0) is 13.1. The largest absolute Gasteiger partial charge is 0.481 e. The molecule has 0 aromatic rings. The van der Waals surface area contributed by atoms with Crippen molar-refractivity contribution in [1.82, 2.24) is 10.2 Å². The van der Waals surface area contributed by atoms with E-state index in [2.05, 4.69) is 5.32 Å². The van der Waals surface area contributed by atoms with Gasteiger partial charge in [-0.25, -0.2) is 0 Å². The molecule has 0 saturated carbocycles. The molecular formula is C12H18N2O4.